The Morgan fingerprint density at radius 1 is 1.07 bits per heavy atom. The summed E-state index contributed by atoms with van der Waals surface area (Å²) in [6.07, 6.45) is 1.73. The molecule has 0 atom stereocenters. The molecule has 0 aliphatic carbocycles. The van der Waals surface area contributed by atoms with Gasteiger partial charge in [0.25, 0.3) is 11.8 Å². The second-order valence-corrected chi connectivity index (χ2v) is 7.44. The van der Waals surface area contributed by atoms with Crippen molar-refractivity contribution < 1.29 is 9.59 Å². The molecule has 1 aliphatic rings. The Bertz CT molecular complexity index is 824. The fourth-order valence-electron chi connectivity index (χ4n) is 3.52. The van der Waals surface area contributed by atoms with Crippen LogP contribution in [0.4, 0.5) is 5.69 Å². The first-order valence-electron chi connectivity index (χ1n) is 9.96. The third-order valence-electron chi connectivity index (χ3n) is 5.44. The number of nitrogens with zero attached hydrogens (tertiary/aromatic N) is 2. The SMILES string of the molecule is CCN(C)C(=O)c1ccccc1N1CCC(NC(=O)c2ccc(C)cc2)CC1. The minimum atomic E-state index is -0.0152. The number of amides is 2. The van der Waals surface area contributed by atoms with Crippen molar-refractivity contribution >= 4 is 17.5 Å². The summed E-state index contributed by atoms with van der Waals surface area (Å²) >= 11 is 0. The summed E-state index contributed by atoms with van der Waals surface area (Å²) in [5.74, 6) is 0.0338. The molecule has 1 aliphatic heterocycles. The minimum Gasteiger partial charge on any atom is -0.371 e. The van der Waals surface area contributed by atoms with Gasteiger partial charge in [0.05, 0.1) is 5.56 Å². The molecule has 5 nitrogen and oxygen atoms in total. The number of aryl methyl sites for hydroxylation is 1. The monoisotopic (exact) mass is 379 g/mol. The van der Waals surface area contributed by atoms with E-state index in [0.29, 0.717) is 12.1 Å². The summed E-state index contributed by atoms with van der Waals surface area (Å²) < 4.78 is 0. The molecule has 1 heterocycles. The highest BCUT2D eigenvalue weighted by Crippen LogP contribution is 2.25. The van der Waals surface area contributed by atoms with Crippen LogP contribution in [-0.2, 0) is 0 Å². The van der Waals surface area contributed by atoms with Crippen molar-refractivity contribution in [2.75, 3.05) is 31.6 Å². The van der Waals surface area contributed by atoms with Gasteiger partial charge in [-0.1, -0.05) is 29.8 Å². The molecule has 2 aromatic rings. The molecule has 0 saturated carbocycles. The highest BCUT2D eigenvalue weighted by atomic mass is 16.2. The summed E-state index contributed by atoms with van der Waals surface area (Å²) in [4.78, 5) is 29.1. The molecule has 5 heteroatoms. The second-order valence-electron chi connectivity index (χ2n) is 7.44. The van der Waals surface area contributed by atoms with E-state index in [4.69, 9.17) is 0 Å². The summed E-state index contributed by atoms with van der Waals surface area (Å²) in [7, 11) is 1.83. The van der Waals surface area contributed by atoms with E-state index in [1.165, 1.54) is 0 Å². The van der Waals surface area contributed by atoms with Crippen molar-refractivity contribution in [1.29, 1.82) is 0 Å². The van der Waals surface area contributed by atoms with Gasteiger partial charge in [0.15, 0.2) is 0 Å². The van der Waals surface area contributed by atoms with Gasteiger partial charge in [-0.05, 0) is 51.0 Å². The van der Waals surface area contributed by atoms with Crippen molar-refractivity contribution in [3.05, 3.63) is 65.2 Å². The molecule has 0 radical (unpaired) electrons. The molecule has 28 heavy (non-hydrogen) atoms. The average molecular weight is 380 g/mol. The Hall–Kier alpha value is -2.82. The van der Waals surface area contributed by atoms with Crippen LogP contribution >= 0.6 is 0 Å². The second kappa shape index (κ2) is 8.91. The number of para-hydroxylation sites is 1. The number of nitrogens with one attached hydrogen (secondary N) is 1. The van der Waals surface area contributed by atoms with Crippen LogP contribution < -0.4 is 10.2 Å². The van der Waals surface area contributed by atoms with E-state index in [1.54, 1.807) is 4.90 Å². The molecule has 0 aromatic heterocycles. The van der Waals surface area contributed by atoms with Gasteiger partial charge in [0.2, 0.25) is 0 Å². The van der Waals surface area contributed by atoms with E-state index in [9.17, 15) is 9.59 Å². The molecule has 2 amide bonds. The lowest BCUT2D eigenvalue weighted by Gasteiger charge is -2.35. The minimum absolute atomic E-state index is 0.0152. The largest absolute Gasteiger partial charge is 0.371 e. The Morgan fingerprint density at radius 2 is 1.71 bits per heavy atom. The maximum absolute atomic E-state index is 12.7. The van der Waals surface area contributed by atoms with Gasteiger partial charge in [-0.3, -0.25) is 9.59 Å². The van der Waals surface area contributed by atoms with Crippen molar-refractivity contribution in [3.63, 3.8) is 0 Å². The lowest BCUT2D eigenvalue weighted by atomic mass is 10.0. The summed E-state index contributed by atoms with van der Waals surface area (Å²) in [6, 6.07) is 15.6. The number of benzene rings is 2. The zero-order chi connectivity index (χ0) is 20.1. The number of rotatable bonds is 5. The zero-order valence-corrected chi connectivity index (χ0v) is 16.9. The summed E-state index contributed by atoms with van der Waals surface area (Å²) in [5.41, 5.74) is 3.57. The molecule has 1 saturated heterocycles. The third-order valence-corrected chi connectivity index (χ3v) is 5.44. The molecule has 3 rings (SSSR count). The predicted molar refractivity (Wildman–Crippen MR) is 113 cm³/mol. The van der Waals surface area contributed by atoms with Gasteiger partial charge in [-0.15, -0.1) is 0 Å². The lowest BCUT2D eigenvalue weighted by Crippen LogP contribution is -2.45. The van der Waals surface area contributed by atoms with Crippen LogP contribution in [0, 0.1) is 6.92 Å². The van der Waals surface area contributed by atoms with Crippen LogP contribution in [0.3, 0.4) is 0 Å². The van der Waals surface area contributed by atoms with Crippen molar-refractivity contribution in [2.24, 2.45) is 0 Å². The topological polar surface area (TPSA) is 52.7 Å². The van der Waals surface area contributed by atoms with Gasteiger partial charge in [-0.25, -0.2) is 0 Å². The van der Waals surface area contributed by atoms with E-state index in [0.717, 1.165) is 42.7 Å². The Labute approximate surface area is 167 Å². The normalized spacial score (nSPS) is 14.6. The van der Waals surface area contributed by atoms with Crippen LogP contribution in [0.25, 0.3) is 0 Å². The molecule has 0 bridgehead atoms. The number of piperidine rings is 1. The molecule has 148 valence electrons. The van der Waals surface area contributed by atoms with E-state index < -0.39 is 0 Å². The first kappa shape index (κ1) is 19.9. The summed E-state index contributed by atoms with van der Waals surface area (Å²) in [5, 5.41) is 3.15. The Morgan fingerprint density at radius 3 is 2.36 bits per heavy atom. The first-order valence-corrected chi connectivity index (χ1v) is 9.96. The molecular formula is C23H29N3O2. The molecule has 1 N–H and O–H groups in total. The first-order chi connectivity index (χ1) is 13.5. The molecule has 0 spiro atoms. The quantitative estimate of drug-likeness (QED) is 0.865. The van der Waals surface area contributed by atoms with Crippen molar-refractivity contribution in [2.45, 2.75) is 32.7 Å². The average Bonchev–Trinajstić information content (AvgIpc) is 2.73. The number of hydrogen-bond acceptors (Lipinski definition) is 3. The number of hydrogen-bond donors (Lipinski definition) is 1. The van der Waals surface area contributed by atoms with Gasteiger partial charge < -0.3 is 15.1 Å². The van der Waals surface area contributed by atoms with Gasteiger partial charge in [-0.2, -0.15) is 0 Å². The highest BCUT2D eigenvalue weighted by molar-refractivity contribution is 5.99. The molecule has 1 fully saturated rings. The zero-order valence-electron chi connectivity index (χ0n) is 16.9. The molecular weight excluding hydrogens is 350 g/mol. The fourth-order valence-corrected chi connectivity index (χ4v) is 3.52. The van der Waals surface area contributed by atoms with Crippen LogP contribution in [0.1, 0.15) is 46.0 Å². The highest BCUT2D eigenvalue weighted by Gasteiger charge is 2.24. The summed E-state index contributed by atoms with van der Waals surface area (Å²) in [6.45, 7) is 6.30. The Balaban J connectivity index is 1.62. The van der Waals surface area contributed by atoms with E-state index in [-0.39, 0.29) is 17.9 Å². The molecule has 0 unspecified atom stereocenters. The predicted octanol–water partition coefficient (Wildman–Crippen LogP) is 3.49. The van der Waals surface area contributed by atoms with Crippen LogP contribution in [0.5, 0.6) is 0 Å². The number of anilines is 1. The van der Waals surface area contributed by atoms with E-state index in [2.05, 4.69) is 10.2 Å². The van der Waals surface area contributed by atoms with E-state index in [1.807, 2.05) is 69.4 Å². The maximum atomic E-state index is 12.7. The maximum Gasteiger partial charge on any atom is 0.255 e. The standard InChI is InChI=1S/C23H29N3O2/c1-4-25(3)23(28)20-7-5-6-8-21(20)26-15-13-19(14-16-26)24-22(27)18-11-9-17(2)10-12-18/h5-12,19H,4,13-16H2,1-3H3,(H,24,27). The number of carbonyl (C=O) groups excluding carboxylic acids is 2. The Kier molecular flexibility index (Phi) is 6.34. The van der Waals surface area contributed by atoms with Crippen molar-refractivity contribution in [3.8, 4) is 0 Å². The van der Waals surface area contributed by atoms with Crippen molar-refractivity contribution in [1.82, 2.24) is 10.2 Å². The lowest BCUT2D eigenvalue weighted by molar-refractivity contribution is 0.0802. The van der Waals surface area contributed by atoms with Crippen LogP contribution in [-0.4, -0.2) is 49.4 Å². The van der Waals surface area contributed by atoms with Gasteiger partial charge in [0, 0.05) is 44.0 Å². The smallest absolute Gasteiger partial charge is 0.255 e. The molecule has 2 aromatic carbocycles. The fraction of sp³-hybridized carbons (Fsp3) is 0.391. The number of carbonyl (C=O) groups is 2. The van der Waals surface area contributed by atoms with Crippen LogP contribution in [0.2, 0.25) is 0 Å². The van der Waals surface area contributed by atoms with Crippen LogP contribution in [0.15, 0.2) is 48.5 Å². The van der Waals surface area contributed by atoms with Gasteiger partial charge >= 0.3 is 0 Å². The van der Waals surface area contributed by atoms with E-state index >= 15 is 0 Å². The van der Waals surface area contributed by atoms with Gasteiger partial charge in [0.1, 0.15) is 0 Å². The third kappa shape index (κ3) is 4.53.